The van der Waals surface area contributed by atoms with Crippen molar-refractivity contribution in [2.45, 2.75) is 6.92 Å². The predicted molar refractivity (Wildman–Crippen MR) is 63.8 cm³/mol. The van der Waals surface area contributed by atoms with Gasteiger partial charge >= 0.3 is 6.03 Å². The Balaban J connectivity index is 2.00. The Kier molecular flexibility index (Phi) is 3.08. The number of urea groups is 1. The van der Waals surface area contributed by atoms with E-state index in [-0.39, 0.29) is 0 Å². The summed E-state index contributed by atoms with van der Waals surface area (Å²) in [6, 6.07) is 3.35. The average molecular weight is 234 g/mol. The Labute approximate surface area is 98.0 Å². The van der Waals surface area contributed by atoms with E-state index in [4.69, 9.17) is 5.73 Å². The number of anilines is 1. The summed E-state index contributed by atoms with van der Waals surface area (Å²) in [5.41, 5.74) is 6.82. The van der Waals surface area contributed by atoms with E-state index in [1.165, 1.54) is 0 Å². The zero-order valence-electron chi connectivity index (χ0n) is 9.47. The third-order valence-electron chi connectivity index (χ3n) is 2.26. The number of primary amides is 1. The Bertz CT molecular complexity index is 535. The molecule has 0 aromatic carbocycles. The molecule has 2 rings (SSSR count). The molecule has 0 bridgehead atoms. The second-order valence-electron chi connectivity index (χ2n) is 3.61. The largest absolute Gasteiger partial charge is 0.352 e. The molecule has 0 radical (unpaired) electrons. The highest BCUT2D eigenvalue weighted by atomic mass is 16.2. The number of nitrogens with one attached hydrogen (secondary N) is 2. The molecule has 0 saturated carbocycles. The summed E-state index contributed by atoms with van der Waals surface area (Å²) in [5.74, 6) is 0.533. The molecule has 0 aliphatic heterocycles. The van der Waals surface area contributed by atoms with Gasteiger partial charge in [0.05, 0.1) is 0 Å². The normalized spacial score (nSPS) is 10.4. The van der Waals surface area contributed by atoms with E-state index in [9.17, 15) is 4.79 Å². The van der Waals surface area contributed by atoms with Gasteiger partial charge in [0.25, 0.3) is 0 Å². The number of amides is 2. The van der Waals surface area contributed by atoms with Gasteiger partial charge in [0.2, 0.25) is 5.95 Å². The summed E-state index contributed by atoms with van der Waals surface area (Å²) in [5, 5.41) is 9.72. The number of nitrogens with two attached hydrogens (primary N) is 1. The summed E-state index contributed by atoms with van der Waals surface area (Å²) in [6.07, 6.45) is 1.84. The summed E-state index contributed by atoms with van der Waals surface area (Å²) >= 11 is 0. The van der Waals surface area contributed by atoms with Crippen LogP contribution >= 0.6 is 0 Å². The number of pyridine rings is 1. The molecule has 2 aromatic heterocycles. The minimum absolute atomic E-state index is 0.434. The minimum Gasteiger partial charge on any atom is -0.352 e. The van der Waals surface area contributed by atoms with Crippen LogP contribution < -0.4 is 16.4 Å². The molecule has 0 fully saturated rings. The second kappa shape index (κ2) is 4.69. The summed E-state index contributed by atoms with van der Waals surface area (Å²) in [7, 11) is 0. The maximum Gasteiger partial charge on any atom is 0.312 e. The van der Waals surface area contributed by atoms with Crippen molar-refractivity contribution in [1.82, 2.24) is 19.9 Å². The van der Waals surface area contributed by atoms with E-state index in [0.717, 1.165) is 11.2 Å². The Morgan fingerprint density at radius 1 is 1.53 bits per heavy atom. The average Bonchev–Trinajstić information content (AvgIpc) is 2.69. The van der Waals surface area contributed by atoms with E-state index in [0.29, 0.717) is 19.0 Å². The van der Waals surface area contributed by atoms with E-state index in [1.807, 2.05) is 25.3 Å². The van der Waals surface area contributed by atoms with E-state index >= 15 is 0 Å². The molecule has 0 aliphatic rings. The monoisotopic (exact) mass is 234 g/mol. The second-order valence-corrected chi connectivity index (χ2v) is 3.61. The number of carbonyl (C=O) groups is 1. The summed E-state index contributed by atoms with van der Waals surface area (Å²) in [6.45, 7) is 2.94. The van der Waals surface area contributed by atoms with Gasteiger partial charge in [0, 0.05) is 19.3 Å². The Morgan fingerprint density at radius 3 is 3.06 bits per heavy atom. The first-order chi connectivity index (χ1) is 8.16. The van der Waals surface area contributed by atoms with Crippen LogP contribution in [0.1, 0.15) is 5.56 Å². The predicted octanol–water partition coefficient (Wildman–Crippen LogP) is 0.118. The third kappa shape index (κ3) is 2.63. The molecule has 2 heterocycles. The van der Waals surface area contributed by atoms with Crippen LogP contribution in [-0.4, -0.2) is 33.7 Å². The first-order valence-electron chi connectivity index (χ1n) is 5.26. The van der Waals surface area contributed by atoms with E-state index in [1.54, 1.807) is 4.52 Å². The van der Waals surface area contributed by atoms with E-state index < -0.39 is 6.03 Å². The van der Waals surface area contributed by atoms with Crippen molar-refractivity contribution in [1.29, 1.82) is 0 Å². The first kappa shape index (κ1) is 11.2. The van der Waals surface area contributed by atoms with Gasteiger partial charge in [-0.15, -0.1) is 5.10 Å². The number of fused-ring (bicyclic) bond motifs is 1. The smallest absolute Gasteiger partial charge is 0.312 e. The fourth-order valence-electron chi connectivity index (χ4n) is 1.47. The first-order valence-corrected chi connectivity index (χ1v) is 5.26. The fourth-order valence-corrected chi connectivity index (χ4v) is 1.47. The highest BCUT2D eigenvalue weighted by Crippen LogP contribution is 2.09. The molecular formula is C10H14N6O. The number of aromatic nitrogens is 3. The van der Waals surface area contributed by atoms with Crippen LogP contribution in [-0.2, 0) is 0 Å². The van der Waals surface area contributed by atoms with Crippen LogP contribution in [0.15, 0.2) is 18.3 Å². The molecular weight excluding hydrogens is 220 g/mol. The van der Waals surface area contributed by atoms with Gasteiger partial charge in [-0.05, 0) is 18.6 Å². The van der Waals surface area contributed by atoms with Crippen LogP contribution in [0.2, 0.25) is 0 Å². The van der Waals surface area contributed by atoms with Crippen molar-refractivity contribution in [2.75, 3.05) is 18.4 Å². The van der Waals surface area contributed by atoms with Gasteiger partial charge in [0.1, 0.15) is 0 Å². The van der Waals surface area contributed by atoms with Gasteiger partial charge in [-0.1, -0.05) is 6.07 Å². The van der Waals surface area contributed by atoms with Gasteiger partial charge in [-0.3, -0.25) is 0 Å². The number of carbonyl (C=O) groups excluding carboxylic acids is 1. The van der Waals surface area contributed by atoms with Crippen LogP contribution in [0.3, 0.4) is 0 Å². The highest BCUT2D eigenvalue weighted by Gasteiger charge is 2.04. The number of nitrogens with zero attached hydrogens (tertiary/aromatic N) is 3. The van der Waals surface area contributed by atoms with E-state index in [2.05, 4.69) is 20.7 Å². The molecule has 0 atom stereocenters. The molecule has 2 aromatic rings. The lowest BCUT2D eigenvalue weighted by atomic mass is 10.3. The molecule has 0 unspecified atom stereocenters. The van der Waals surface area contributed by atoms with Gasteiger partial charge in [-0.25, -0.2) is 9.31 Å². The molecule has 2 amide bonds. The number of hydrogen-bond acceptors (Lipinski definition) is 4. The molecule has 7 heteroatoms. The lowest BCUT2D eigenvalue weighted by Crippen LogP contribution is -2.33. The molecule has 7 nitrogen and oxygen atoms in total. The van der Waals surface area contributed by atoms with Crippen LogP contribution in [0.25, 0.3) is 5.65 Å². The standard InChI is InChI=1S/C10H14N6O/c1-7-3-2-6-16-8(7)14-10(15-16)13-5-4-12-9(11)17/h2-3,6H,4-5H2,1H3,(H,13,15)(H3,11,12,17). The molecule has 0 spiro atoms. The zero-order valence-corrected chi connectivity index (χ0v) is 9.47. The quantitative estimate of drug-likeness (QED) is 0.654. The zero-order chi connectivity index (χ0) is 12.3. The number of aryl methyl sites for hydroxylation is 1. The highest BCUT2D eigenvalue weighted by molar-refractivity contribution is 5.71. The number of hydrogen-bond donors (Lipinski definition) is 3. The van der Waals surface area contributed by atoms with Crippen LogP contribution in [0, 0.1) is 6.92 Å². The maximum absolute atomic E-state index is 10.4. The van der Waals surface area contributed by atoms with Crippen molar-refractivity contribution in [3.05, 3.63) is 23.9 Å². The Hall–Kier alpha value is -2.31. The van der Waals surface area contributed by atoms with Crippen molar-refractivity contribution in [3.8, 4) is 0 Å². The molecule has 17 heavy (non-hydrogen) atoms. The van der Waals surface area contributed by atoms with Crippen LogP contribution in [0.5, 0.6) is 0 Å². The third-order valence-corrected chi connectivity index (χ3v) is 2.26. The van der Waals surface area contributed by atoms with Gasteiger partial charge in [0.15, 0.2) is 5.65 Å². The van der Waals surface area contributed by atoms with Crippen molar-refractivity contribution < 1.29 is 4.79 Å². The van der Waals surface area contributed by atoms with Crippen LogP contribution in [0.4, 0.5) is 10.7 Å². The minimum atomic E-state index is -0.536. The lowest BCUT2D eigenvalue weighted by Gasteiger charge is -2.01. The van der Waals surface area contributed by atoms with Crippen molar-refractivity contribution in [2.24, 2.45) is 5.73 Å². The molecule has 0 aliphatic carbocycles. The maximum atomic E-state index is 10.4. The molecule has 4 N–H and O–H groups in total. The van der Waals surface area contributed by atoms with Crippen molar-refractivity contribution >= 4 is 17.6 Å². The van der Waals surface area contributed by atoms with Gasteiger partial charge in [-0.2, -0.15) is 4.98 Å². The SMILES string of the molecule is Cc1cccn2nc(NCCNC(N)=O)nc12. The molecule has 0 saturated heterocycles. The van der Waals surface area contributed by atoms with Crippen molar-refractivity contribution in [3.63, 3.8) is 0 Å². The fraction of sp³-hybridized carbons (Fsp3) is 0.300. The molecule has 90 valence electrons. The Morgan fingerprint density at radius 2 is 2.35 bits per heavy atom. The summed E-state index contributed by atoms with van der Waals surface area (Å²) < 4.78 is 1.71. The summed E-state index contributed by atoms with van der Waals surface area (Å²) in [4.78, 5) is 14.8. The lowest BCUT2D eigenvalue weighted by molar-refractivity contribution is 0.249. The topological polar surface area (TPSA) is 97.3 Å². The number of rotatable bonds is 4. The van der Waals surface area contributed by atoms with Gasteiger partial charge < -0.3 is 16.4 Å².